The fourth-order valence-electron chi connectivity index (χ4n) is 10.7. The van der Waals surface area contributed by atoms with Gasteiger partial charge in [0.05, 0.1) is 33.3 Å². The van der Waals surface area contributed by atoms with Gasteiger partial charge in [-0.25, -0.2) is 15.0 Å². The third kappa shape index (κ3) is 5.48. The van der Waals surface area contributed by atoms with E-state index >= 15 is 4.79 Å². The summed E-state index contributed by atoms with van der Waals surface area (Å²) in [7, 11) is 0. The van der Waals surface area contributed by atoms with Crippen LogP contribution in [0.2, 0.25) is 0 Å². The van der Waals surface area contributed by atoms with Gasteiger partial charge in [-0.3, -0.25) is 4.79 Å². The van der Waals surface area contributed by atoms with E-state index in [9.17, 15) is 0 Å². The van der Waals surface area contributed by atoms with Crippen molar-refractivity contribution in [2.75, 3.05) is 0 Å². The van der Waals surface area contributed by atoms with Gasteiger partial charge < -0.3 is 9.13 Å². The highest BCUT2D eigenvalue weighted by molar-refractivity contribution is 6.28. The molecule has 3 heterocycles. The number of carbonyl (C=O) groups excluding carboxylic acids is 1. The van der Waals surface area contributed by atoms with Crippen LogP contribution in [0.3, 0.4) is 0 Å². The standard InChI is InChI=1S/C60H39N5O/c1-36-52-47-29-15-17-34-49(47)65(56(52)37(2)51-46-28-14-16-33-48(46)64(55(36)51)40-24-10-5-11-25-40)50-35-19-32-44-43-31-18-30-42(53(43)57(66)54(44)50)41-26-12-13-27-45(41)60-62-58(38-20-6-3-7-21-38)61-59(63-60)39-22-8-4-9-23-39/h3-35H,1-2H3. The van der Waals surface area contributed by atoms with Gasteiger partial charge >= 0.3 is 0 Å². The predicted molar refractivity (Wildman–Crippen MR) is 269 cm³/mol. The summed E-state index contributed by atoms with van der Waals surface area (Å²) in [5.41, 5.74) is 16.4. The van der Waals surface area contributed by atoms with Gasteiger partial charge in [-0.15, -0.1) is 0 Å². The van der Waals surface area contributed by atoms with Gasteiger partial charge in [0.25, 0.3) is 0 Å². The van der Waals surface area contributed by atoms with Crippen LogP contribution in [-0.2, 0) is 0 Å². The Hall–Kier alpha value is -8.74. The van der Waals surface area contributed by atoms with Crippen LogP contribution in [0.1, 0.15) is 27.0 Å². The summed E-state index contributed by atoms with van der Waals surface area (Å²) in [6.45, 7) is 4.51. The Labute approximate surface area is 380 Å². The van der Waals surface area contributed by atoms with Gasteiger partial charge in [0.2, 0.25) is 0 Å². The summed E-state index contributed by atoms with van der Waals surface area (Å²) in [6.07, 6.45) is 0. The molecule has 6 heteroatoms. The largest absolute Gasteiger partial charge is 0.309 e. The lowest BCUT2D eigenvalue weighted by Gasteiger charge is -2.16. The first-order valence-corrected chi connectivity index (χ1v) is 22.3. The lowest BCUT2D eigenvalue weighted by molar-refractivity contribution is 0.104. The Morgan fingerprint density at radius 2 is 0.788 bits per heavy atom. The Balaban J connectivity index is 1.03. The molecule has 9 aromatic carbocycles. The van der Waals surface area contributed by atoms with Gasteiger partial charge in [0, 0.05) is 49.5 Å². The average molecular weight is 846 g/mol. The van der Waals surface area contributed by atoms with Crippen molar-refractivity contribution in [1.29, 1.82) is 0 Å². The first-order valence-electron chi connectivity index (χ1n) is 22.3. The number of fused-ring (bicyclic) bond motifs is 9. The molecule has 6 nitrogen and oxygen atoms in total. The van der Waals surface area contributed by atoms with Crippen LogP contribution in [0, 0.1) is 13.8 Å². The van der Waals surface area contributed by atoms with Crippen LogP contribution in [0.15, 0.2) is 200 Å². The number of ketones is 1. The topological polar surface area (TPSA) is 65.6 Å². The second-order valence-corrected chi connectivity index (χ2v) is 17.1. The molecule has 0 N–H and O–H groups in total. The quantitative estimate of drug-likeness (QED) is 0.167. The monoisotopic (exact) mass is 845 g/mol. The molecule has 0 radical (unpaired) electrons. The van der Waals surface area contributed by atoms with Crippen LogP contribution < -0.4 is 0 Å². The molecule has 1 aliphatic rings. The van der Waals surface area contributed by atoms with E-state index in [1.807, 2.05) is 78.9 Å². The third-order valence-electron chi connectivity index (χ3n) is 13.5. The molecule has 1 aliphatic carbocycles. The molecule has 13 rings (SSSR count). The lowest BCUT2D eigenvalue weighted by atomic mass is 9.92. The molecule has 0 spiro atoms. The van der Waals surface area contributed by atoms with Gasteiger partial charge in [-0.2, -0.15) is 0 Å². The van der Waals surface area contributed by atoms with Crippen molar-refractivity contribution in [2.45, 2.75) is 13.8 Å². The van der Waals surface area contributed by atoms with Gasteiger partial charge in [-0.1, -0.05) is 170 Å². The first-order chi connectivity index (χ1) is 32.5. The smallest absolute Gasteiger partial charge is 0.197 e. The Bertz CT molecular complexity index is 3900. The SMILES string of the molecule is Cc1c2c3ccccc3n(-c3cccc4c3C(=O)c3c(-c5ccccc5-c5nc(-c6ccccc6)nc(-c6ccccc6)n5)cccc3-4)c2c(C)c2c3ccccc3n(-c3ccccc3)c12. The second kappa shape index (κ2) is 14.7. The zero-order chi connectivity index (χ0) is 44.0. The molecular formula is C60H39N5O. The minimum absolute atomic E-state index is 0.00587. The molecule has 3 aromatic heterocycles. The summed E-state index contributed by atoms with van der Waals surface area (Å²) in [5.74, 6) is 1.70. The maximum Gasteiger partial charge on any atom is 0.197 e. The predicted octanol–water partition coefficient (Wildman–Crippen LogP) is 14.6. The molecule has 0 saturated carbocycles. The highest BCUT2D eigenvalue weighted by atomic mass is 16.1. The molecule has 0 unspecified atom stereocenters. The van der Waals surface area contributed by atoms with Gasteiger partial charge in [-0.05, 0) is 77.6 Å². The number of para-hydroxylation sites is 3. The van der Waals surface area contributed by atoms with Gasteiger partial charge in [0.1, 0.15) is 0 Å². The third-order valence-corrected chi connectivity index (χ3v) is 13.5. The number of carbonyl (C=O) groups is 1. The van der Waals surface area contributed by atoms with E-state index in [0.717, 1.165) is 72.3 Å². The van der Waals surface area contributed by atoms with E-state index in [2.05, 4.69) is 144 Å². The van der Waals surface area contributed by atoms with Crippen LogP contribution in [0.25, 0.3) is 111 Å². The van der Waals surface area contributed by atoms with Crippen molar-refractivity contribution < 1.29 is 4.79 Å². The molecule has 66 heavy (non-hydrogen) atoms. The Morgan fingerprint density at radius 3 is 1.39 bits per heavy atom. The summed E-state index contributed by atoms with van der Waals surface area (Å²) < 4.78 is 4.78. The summed E-state index contributed by atoms with van der Waals surface area (Å²) >= 11 is 0. The van der Waals surface area contributed by atoms with E-state index in [-0.39, 0.29) is 5.78 Å². The molecule has 310 valence electrons. The van der Waals surface area contributed by atoms with Crippen LogP contribution in [0.4, 0.5) is 0 Å². The molecule has 12 aromatic rings. The zero-order valence-electron chi connectivity index (χ0n) is 36.2. The van der Waals surface area contributed by atoms with Crippen molar-refractivity contribution in [3.05, 3.63) is 222 Å². The molecule has 0 bridgehead atoms. The minimum Gasteiger partial charge on any atom is -0.309 e. The highest BCUT2D eigenvalue weighted by Gasteiger charge is 2.34. The fraction of sp³-hybridized carbons (Fsp3) is 0.0333. The molecular weight excluding hydrogens is 807 g/mol. The molecule has 0 aliphatic heterocycles. The Morgan fingerprint density at radius 1 is 0.364 bits per heavy atom. The molecule has 0 saturated heterocycles. The van der Waals surface area contributed by atoms with Crippen molar-refractivity contribution >= 4 is 49.4 Å². The zero-order valence-corrected chi connectivity index (χ0v) is 36.2. The maximum atomic E-state index is 15.6. The van der Waals surface area contributed by atoms with Crippen LogP contribution >= 0.6 is 0 Å². The number of hydrogen-bond donors (Lipinski definition) is 0. The summed E-state index contributed by atoms with van der Waals surface area (Å²) in [4.78, 5) is 30.8. The van der Waals surface area contributed by atoms with E-state index in [0.29, 0.717) is 28.6 Å². The van der Waals surface area contributed by atoms with Crippen LogP contribution in [-0.4, -0.2) is 29.9 Å². The number of aromatic nitrogens is 5. The maximum absolute atomic E-state index is 15.6. The summed E-state index contributed by atoms with van der Waals surface area (Å²) in [5, 5.41) is 4.75. The molecule has 0 fully saturated rings. The Kier molecular flexibility index (Phi) is 8.39. The minimum atomic E-state index is -0.00587. The number of rotatable bonds is 6. The highest BCUT2D eigenvalue weighted by Crippen LogP contribution is 2.49. The molecule has 0 amide bonds. The van der Waals surface area contributed by atoms with E-state index in [1.54, 1.807) is 0 Å². The number of aryl methyl sites for hydroxylation is 2. The number of benzene rings is 9. The van der Waals surface area contributed by atoms with Crippen molar-refractivity contribution in [3.63, 3.8) is 0 Å². The molecule has 0 atom stereocenters. The van der Waals surface area contributed by atoms with Gasteiger partial charge in [0.15, 0.2) is 23.3 Å². The van der Waals surface area contributed by atoms with Crippen LogP contribution in [0.5, 0.6) is 0 Å². The van der Waals surface area contributed by atoms with Crippen molar-refractivity contribution in [2.24, 2.45) is 0 Å². The van der Waals surface area contributed by atoms with E-state index < -0.39 is 0 Å². The van der Waals surface area contributed by atoms with Crippen molar-refractivity contribution in [3.8, 4) is 67.8 Å². The number of nitrogens with zero attached hydrogens (tertiary/aromatic N) is 5. The second-order valence-electron chi connectivity index (χ2n) is 17.1. The van der Waals surface area contributed by atoms with Crippen molar-refractivity contribution in [1.82, 2.24) is 24.1 Å². The van der Waals surface area contributed by atoms with E-state index in [4.69, 9.17) is 15.0 Å². The fourth-order valence-corrected chi connectivity index (χ4v) is 10.7. The lowest BCUT2D eigenvalue weighted by Crippen LogP contribution is -2.06. The number of hydrogen-bond acceptors (Lipinski definition) is 4. The average Bonchev–Trinajstić information content (AvgIpc) is 4.03. The first kappa shape index (κ1) is 37.8. The van der Waals surface area contributed by atoms with E-state index in [1.165, 1.54) is 32.8 Å². The summed E-state index contributed by atoms with van der Waals surface area (Å²) in [6, 6.07) is 68.7. The normalized spacial score (nSPS) is 12.1.